The normalized spacial score (nSPS) is 11.7. The van der Waals surface area contributed by atoms with Crippen LogP contribution in [0, 0.1) is 0 Å². The van der Waals surface area contributed by atoms with Crippen molar-refractivity contribution in [2.45, 2.75) is 39.0 Å². The molecule has 3 aromatic rings. The molecule has 0 aliphatic heterocycles. The average Bonchev–Trinajstić information content (AvgIpc) is 2.73. The third kappa shape index (κ3) is 6.80. The second-order valence-corrected chi connectivity index (χ2v) is 7.23. The van der Waals surface area contributed by atoms with E-state index in [1.165, 1.54) is 42.5 Å². The van der Waals surface area contributed by atoms with Crippen molar-refractivity contribution in [2.75, 3.05) is 0 Å². The highest BCUT2D eigenvalue weighted by molar-refractivity contribution is 5.72. The van der Waals surface area contributed by atoms with Gasteiger partial charge in [0, 0.05) is 0 Å². The van der Waals surface area contributed by atoms with Gasteiger partial charge in [-0.3, -0.25) is 0 Å². The minimum Gasteiger partial charge on any atom is -0.406 e. The van der Waals surface area contributed by atoms with Crippen molar-refractivity contribution >= 4 is 12.2 Å². The van der Waals surface area contributed by atoms with Crippen LogP contribution < -0.4 is 4.74 Å². The van der Waals surface area contributed by atoms with Crippen molar-refractivity contribution in [2.24, 2.45) is 0 Å². The largest absolute Gasteiger partial charge is 0.573 e. The number of hydrogen-bond acceptors (Lipinski definition) is 1. The molecule has 3 aromatic carbocycles. The minimum absolute atomic E-state index is 0.222. The quantitative estimate of drug-likeness (QED) is 0.269. The molecule has 0 aromatic heterocycles. The Labute approximate surface area is 175 Å². The summed E-state index contributed by atoms with van der Waals surface area (Å²) in [6, 6.07) is 22.7. The van der Waals surface area contributed by atoms with E-state index < -0.39 is 6.36 Å². The first-order chi connectivity index (χ1) is 14.4. The van der Waals surface area contributed by atoms with Crippen LogP contribution in [0.3, 0.4) is 0 Å². The first kappa shape index (κ1) is 21.7. The van der Waals surface area contributed by atoms with Gasteiger partial charge in [-0.15, -0.1) is 13.2 Å². The van der Waals surface area contributed by atoms with Crippen molar-refractivity contribution in [1.82, 2.24) is 0 Å². The molecular weight excluding hydrogens is 385 g/mol. The molecule has 3 rings (SSSR count). The molecular formula is C26H25F3O. The van der Waals surface area contributed by atoms with Gasteiger partial charge in [-0.05, 0) is 52.8 Å². The van der Waals surface area contributed by atoms with Gasteiger partial charge in [0.1, 0.15) is 5.75 Å². The lowest BCUT2D eigenvalue weighted by Gasteiger charge is -2.08. The number of alkyl halides is 3. The van der Waals surface area contributed by atoms with E-state index in [0.29, 0.717) is 0 Å². The summed E-state index contributed by atoms with van der Waals surface area (Å²) < 4.78 is 40.5. The van der Waals surface area contributed by atoms with Crippen molar-refractivity contribution in [3.8, 4) is 16.9 Å². The van der Waals surface area contributed by atoms with Crippen LogP contribution in [0.2, 0.25) is 0 Å². The van der Waals surface area contributed by atoms with Crippen LogP contribution in [0.5, 0.6) is 5.75 Å². The number of rotatable bonds is 8. The van der Waals surface area contributed by atoms with Gasteiger partial charge in [-0.25, -0.2) is 0 Å². The first-order valence-electron chi connectivity index (χ1n) is 10.2. The van der Waals surface area contributed by atoms with Gasteiger partial charge < -0.3 is 4.74 Å². The average molecular weight is 410 g/mol. The molecule has 0 aliphatic rings. The summed E-state index contributed by atoms with van der Waals surface area (Å²) in [6.45, 7) is 2.21. The molecule has 0 heterocycles. The molecule has 0 radical (unpaired) electrons. The molecule has 4 heteroatoms. The topological polar surface area (TPSA) is 9.23 Å². The summed E-state index contributed by atoms with van der Waals surface area (Å²) in [4.78, 5) is 0. The highest BCUT2D eigenvalue weighted by Crippen LogP contribution is 2.24. The molecule has 30 heavy (non-hydrogen) atoms. The fraction of sp³-hybridized carbons (Fsp3) is 0.231. The number of hydrogen-bond donors (Lipinski definition) is 0. The third-order valence-electron chi connectivity index (χ3n) is 4.85. The Morgan fingerprint density at radius 2 is 1.20 bits per heavy atom. The number of ether oxygens (including phenoxy) is 1. The first-order valence-corrected chi connectivity index (χ1v) is 10.2. The van der Waals surface area contributed by atoms with Crippen LogP contribution in [-0.4, -0.2) is 6.36 Å². The molecule has 0 spiro atoms. The summed E-state index contributed by atoms with van der Waals surface area (Å²) in [6.07, 6.45) is 3.97. The Hall–Kier alpha value is -3.01. The van der Waals surface area contributed by atoms with Gasteiger partial charge in [0.05, 0.1) is 0 Å². The Kier molecular flexibility index (Phi) is 7.34. The monoisotopic (exact) mass is 410 g/mol. The summed E-state index contributed by atoms with van der Waals surface area (Å²) in [5, 5.41) is 0. The van der Waals surface area contributed by atoms with E-state index in [1.807, 2.05) is 24.3 Å². The van der Waals surface area contributed by atoms with Gasteiger partial charge in [0.2, 0.25) is 0 Å². The van der Waals surface area contributed by atoms with Crippen LogP contribution >= 0.6 is 0 Å². The minimum atomic E-state index is -4.67. The molecule has 0 N–H and O–H groups in total. The number of halogens is 3. The van der Waals surface area contributed by atoms with E-state index in [0.717, 1.165) is 23.1 Å². The van der Waals surface area contributed by atoms with Crippen LogP contribution in [-0.2, 0) is 6.42 Å². The third-order valence-corrected chi connectivity index (χ3v) is 4.85. The predicted octanol–water partition coefficient (Wildman–Crippen LogP) is 8.16. The molecule has 0 amide bonds. The molecule has 0 saturated carbocycles. The summed E-state index contributed by atoms with van der Waals surface area (Å²) >= 11 is 0. The Balaban J connectivity index is 1.60. The van der Waals surface area contributed by atoms with Crippen LogP contribution in [0.15, 0.2) is 72.8 Å². The number of unbranched alkanes of at least 4 members (excludes halogenated alkanes) is 2. The highest BCUT2D eigenvalue weighted by Gasteiger charge is 2.30. The summed E-state index contributed by atoms with van der Waals surface area (Å²) in [5.74, 6) is -0.222. The molecule has 0 fully saturated rings. The lowest BCUT2D eigenvalue weighted by molar-refractivity contribution is -0.274. The predicted molar refractivity (Wildman–Crippen MR) is 117 cm³/mol. The lowest BCUT2D eigenvalue weighted by atomic mass is 10.0. The number of benzene rings is 3. The van der Waals surface area contributed by atoms with E-state index in [-0.39, 0.29) is 5.75 Å². The Morgan fingerprint density at radius 1 is 0.700 bits per heavy atom. The maximum absolute atomic E-state index is 12.2. The maximum atomic E-state index is 12.2. The zero-order chi connectivity index (χ0) is 21.4. The molecule has 156 valence electrons. The van der Waals surface area contributed by atoms with Crippen molar-refractivity contribution < 1.29 is 17.9 Å². The maximum Gasteiger partial charge on any atom is 0.573 e. The molecule has 0 aliphatic carbocycles. The lowest BCUT2D eigenvalue weighted by Crippen LogP contribution is -2.16. The van der Waals surface area contributed by atoms with E-state index in [2.05, 4.69) is 48.1 Å². The van der Waals surface area contributed by atoms with Gasteiger partial charge in [0.15, 0.2) is 0 Å². The molecule has 0 bridgehead atoms. The second kappa shape index (κ2) is 10.1. The zero-order valence-electron chi connectivity index (χ0n) is 17.0. The van der Waals surface area contributed by atoms with Crippen molar-refractivity contribution in [3.63, 3.8) is 0 Å². The highest BCUT2D eigenvalue weighted by atomic mass is 19.4. The van der Waals surface area contributed by atoms with Gasteiger partial charge in [-0.2, -0.15) is 0 Å². The Bertz CT molecular complexity index is 938. The molecule has 0 unspecified atom stereocenters. The molecule has 1 nitrogen and oxygen atoms in total. The van der Waals surface area contributed by atoms with Crippen LogP contribution in [0.25, 0.3) is 23.3 Å². The van der Waals surface area contributed by atoms with Crippen molar-refractivity contribution in [3.05, 3.63) is 89.5 Å². The molecule has 0 atom stereocenters. The summed E-state index contributed by atoms with van der Waals surface area (Å²) in [7, 11) is 0. The standard InChI is InChI=1S/C26H25F3O/c1-2-3-4-5-20-8-14-23(15-9-20)24-16-10-21(11-17-24)6-7-22-12-18-25(19-13-22)30-26(27,28)29/h6-19H,2-5H2,1H3. The van der Waals surface area contributed by atoms with Crippen molar-refractivity contribution in [1.29, 1.82) is 0 Å². The van der Waals surface area contributed by atoms with E-state index in [4.69, 9.17) is 0 Å². The van der Waals surface area contributed by atoms with Gasteiger partial charge >= 0.3 is 6.36 Å². The second-order valence-electron chi connectivity index (χ2n) is 7.23. The molecule has 0 saturated heterocycles. The Morgan fingerprint density at radius 3 is 1.70 bits per heavy atom. The van der Waals surface area contributed by atoms with Crippen LogP contribution in [0.4, 0.5) is 13.2 Å². The van der Waals surface area contributed by atoms with Crippen LogP contribution in [0.1, 0.15) is 42.9 Å². The smallest absolute Gasteiger partial charge is 0.406 e. The zero-order valence-corrected chi connectivity index (χ0v) is 17.0. The van der Waals surface area contributed by atoms with Gasteiger partial charge in [-0.1, -0.05) is 92.6 Å². The van der Waals surface area contributed by atoms with E-state index in [9.17, 15) is 13.2 Å². The van der Waals surface area contributed by atoms with E-state index >= 15 is 0 Å². The van der Waals surface area contributed by atoms with E-state index in [1.54, 1.807) is 12.1 Å². The SMILES string of the molecule is CCCCCc1ccc(-c2ccc(C=Cc3ccc(OC(F)(F)F)cc3)cc2)cc1. The number of aryl methyl sites for hydroxylation is 1. The fourth-order valence-electron chi connectivity index (χ4n) is 3.20. The van der Waals surface area contributed by atoms with Gasteiger partial charge in [0.25, 0.3) is 0 Å². The summed E-state index contributed by atoms with van der Waals surface area (Å²) in [5.41, 5.74) is 5.53. The fourth-order valence-corrected chi connectivity index (χ4v) is 3.20.